The summed E-state index contributed by atoms with van der Waals surface area (Å²) >= 11 is 1.13. The fraction of sp³-hybridized carbons (Fsp3) is 0.286. The topological polar surface area (TPSA) is 95.7 Å². The molecule has 0 spiro atoms. The van der Waals surface area contributed by atoms with Gasteiger partial charge < -0.3 is 23.9 Å². The fourth-order valence-corrected chi connectivity index (χ4v) is 3.30. The van der Waals surface area contributed by atoms with Crippen molar-refractivity contribution in [3.8, 4) is 28.7 Å². The Bertz CT molecular complexity index is 1030. The van der Waals surface area contributed by atoms with Gasteiger partial charge >= 0.3 is 6.61 Å². The molecule has 3 rings (SSSR count). The average Bonchev–Trinajstić information content (AvgIpc) is 3.27. The van der Waals surface area contributed by atoms with Crippen LogP contribution >= 0.6 is 11.8 Å². The molecular weight excluding hydrogens is 444 g/mol. The van der Waals surface area contributed by atoms with Crippen LogP contribution < -0.4 is 19.5 Å². The number of carbonyl (C=O) groups excluding carboxylic acids is 1. The Morgan fingerprint density at radius 2 is 1.88 bits per heavy atom. The predicted molar refractivity (Wildman–Crippen MR) is 113 cm³/mol. The Morgan fingerprint density at radius 3 is 2.56 bits per heavy atom. The van der Waals surface area contributed by atoms with E-state index in [1.165, 1.54) is 13.2 Å². The Kier molecular flexibility index (Phi) is 8.26. The number of carbonyl (C=O) groups is 1. The number of nitrogens with one attached hydrogen (secondary N) is 1. The lowest BCUT2D eigenvalue weighted by Gasteiger charge is -2.11. The number of amides is 1. The summed E-state index contributed by atoms with van der Waals surface area (Å²) in [5.41, 5.74) is 1.55. The molecule has 1 N–H and O–H groups in total. The molecule has 0 radical (unpaired) electrons. The van der Waals surface area contributed by atoms with Crippen LogP contribution in [0.4, 0.5) is 8.78 Å². The molecule has 0 atom stereocenters. The smallest absolute Gasteiger partial charge is 0.387 e. The van der Waals surface area contributed by atoms with Crippen LogP contribution in [0.2, 0.25) is 0 Å². The summed E-state index contributed by atoms with van der Waals surface area (Å²) in [5, 5.41) is 11.0. The van der Waals surface area contributed by atoms with Gasteiger partial charge in [-0.2, -0.15) is 8.78 Å². The molecule has 0 bridgehead atoms. The number of hydrogen-bond acceptors (Lipinski definition) is 8. The lowest BCUT2D eigenvalue weighted by molar-refractivity contribution is -0.118. The lowest BCUT2D eigenvalue weighted by atomic mass is 10.1. The molecule has 0 aliphatic carbocycles. The zero-order valence-corrected chi connectivity index (χ0v) is 18.2. The first-order chi connectivity index (χ1) is 15.5. The highest BCUT2D eigenvalue weighted by Gasteiger charge is 2.13. The lowest BCUT2D eigenvalue weighted by Crippen LogP contribution is -2.27. The summed E-state index contributed by atoms with van der Waals surface area (Å²) in [7, 11) is 2.95. The highest BCUT2D eigenvalue weighted by Crippen LogP contribution is 2.29. The van der Waals surface area contributed by atoms with Gasteiger partial charge in [-0.1, -0.05) is 17.8 Å². The molecule has 1 heterocycles. The van der Waals surface area contributed by atoms with E-state index in [-0.39, 0.29) is 28.4 Å². The van der Waals surface area contributed by atoms with Gasteiger partial charge in [-0.15, -0.1) is 10.2 Å². The largest absolute Gasteiger partial charge is 0.497 e. The van der Waals surface area contributed by atoms with Gasteiger partial charge in [0, 0.05) is 12.1 Å². The van der Waals surface area contributed by atoms with Gasteiger partial charge in [0.25, 0.3) is 5.22 Å². The second-order valence-corrected chi connectivity index (χ2v) is 7.28. The number of halogens is 2. The Balaban J connectivity index is 1.44. The van der Waals surface area contributed by atoms with Crippen molar-refractivity contribution in [1.29, 1.82) is 0 Å². The maximum atomic E-state index is 12.4. The van der Waals surface area contributed by atoms with Crippen LogP contribution in [0.5, 0.6) is 17.2 Å². The first-order valence-corrected chi connectivity index (χ1v) is 10.5. The first kappa shape index (κ1) is 23.3. The van der Waals surface area contributed by atoms with Crippen molar-refractivity contribution in [2.45, 2.75) is 18.3 Å². The molecule has 3 aromatic rings. The normalized spacial score (nSPS) is 10.8. The second kappa shape index (κ2) is 11.3. The van der Waals surface area contributed by atoms with E-state index in [4.69, 9.17) is 13.9 Å². The van der Waals surface area contributed by atoms with Gasteiger partial charge in [0.15, 0.2) is 11.5 Å². The number of methoxy groups -OCH3 is 2. The molecule has 2 aromatic carbocycles. The molecule has 0 aliphatic rings. The number of alkyl halides is 2. The quantitative estimate of drug-likeness (QED) is 0.427. The molecule has 1 aromatic heterocycles. The van der Waals surface area contributed by atoms with E-state index in [0.717, 1.165) is 28.6 Å². The van der Waals surface area contributed by atoms with Crippen LogP contribution in [-0.2, 0) is 11.2 Å². The molecule has 8 nitrogen and oxygen atoms in total. The third kappa shape index (κ3) is 6.58. The summed E-state index contributed by atoms with van der Waals surface area (Å²) in [6.07, 6.45) is 0.490. The van der Waals surface area contributed by atoms with Gasteiger partial charge in [0.05, 0.1) is 20.0 Å². The minimum Gasteiger partial charge on any atom is -0.497 e. The van der Waals surface area contributed by atoms with Crippen molar-refractivity contribution < 1.29 is 32.2 Å². The van der Waals surface area contributed by atoms with Gasteiger partial charge in [0.1, 0.15) is 5.75 Å². The van der Waals surface area contributed by atoms with Crippen LogP contribution in [0.1, 0.15) is 5.56 Å². The van der Waals surface area contributed by atoms with Gasteiger partial charge in [-0.3, -0.25) is 4.79 Å². The van der Waals surface area contributed by atoms with Crippen LogP contribution in [0.15, 0.2) is 52.1 Å². The number of thioether (sulfide) groups is 1. The zero-order valence-electron chi connectivity index (χ0n) is 17.3. The third-order valence-electron chi connectivity index (χ3n) is 4.25. The predicted octanol–water partition coefficient (Wildman–Crippen LogP) is 3.81. The number of aromatic nitrogens is 2. The monoisotopic (exact) mass is 465 g/mol. The maximum Gasteiger partial charge on any atom is 0.387 e. The zero-order chi connectivity index (χ0) is 22.9. The average molecular weight is 465 g/mol. The van der Waals surface area contributed by atoms with Crippen molar-refractivity contribution in [1.82, 2.24) is 15.5 Å². The van der Waals surface area contributed by atoms with Gasteiger partial charge in [-0.25, -0.2) is 0 Å². The molecule has 0 saturated heterocycles. The van der Waals surface area contributed by atoms with Crippen LogP contribution in [-0.4, -0.2) is 49.2 Å². The molecule has 0 fully saturated rings. The number of benzene rings is 2. The standard InChI is InChI=1S/C21H21F2N3O5S/c1-28-15-6-4-14(5-7-15)19-25-26-21(31-19)32-12-18(27)24-10-9-13-3-8-16(30-20(22)23)17(11-13)29-2/h3-8,11,20H,9-10,12H2,1-2H3,(H,24,27). The highest BCUT2D eigenvalue weighted by atomic mass is 32.2. The minimum atomic E-state index is -2.93. The molecule has 0 aliphatic heterocycles. The number of hydrogen-bond donors (Lipinski definition) is 1. The van der Waals surface area contributed by atoms with Crippen molar-refractivity contribution >= 4 is 17.7 Å². The van der Waals surface area contributed by atoms with Crippen LogP contribution in [0, 0.1) is 0 Å². The number of nitrogens with zero attached hydrogens (tertiary/aromatic N) is 2. The highest BCUT2D eigenvalue weighted by molar-refractivity contribution is 7.99. The molecule has 1 amide bonds. The maximum absolute atomic E-state index is 12.4. The fourth-order valence-electron chi connectivity index (χ4n) is 2.70. The first-order valence-electron chi connectivity index (χ1n) is 9.47. The van der Waals surface area contributed by atoms with E-state index in [0.29, 0.717) is 18.9 Å². The van der Waals surface area contributed by atoms with Crippen molar-refractivity contribution in [2.24, 2.45) is 0 Å². The summed E-state index contributed by atoms with van der Waals surface area (Å²) in [5.74, 6) is 1.13. The SMILES string of the molecule is COc1ccc(-c2nnc(SCC(=O)NCCc3ccc(OC(F)F)c(OC)c3)o2)cc1. The number of rotatable bonds is 11. The second-order valence-electron chi connectivity index (χ2n) is 6.35. The molecular formula is C21H21F2N3O5S. The minimum absolute atomic E-state index is 0.0414. The third-order valence-corrected chi connectivity index (χ3v) is 5.07. The van der Waals surface area contributed by atoms with Gasteiger partial charge in [0.2, 0.25) is 11.8 Å². The van der Waals surface area contributed by atoms with E-state index in [1.807, 2.05) is 0 Å². The van der Waals surface area contributed by atoms with Crippen molar-refractivity contribution in [3.63, 3.8) is 0 Å². The Labute approximate surface area is 187 Å². The molecule has 11 heteroatoms. The molecule has 0 unspecified atom stereocenters. The van der Waals surface area contributed by atoms with E-state index in [1.54, 1.807) is 43.5 Å². The van der Waals surface area contributed by atoms with E-state index >= 15 is 0 Å². The van der Waals surface area contributed by atoms with Crippen LogP contribution in [0.3, 0.4) is 0 Å². The number of ether oxygens (including phenoxy) is 3. The van der Waals surface area contributed by atoms with E-state index < -0.39 is 6.61 Å². The van der Waals surface area contributed by atoms with E-state index in [2.05, 4.69) is 20.3 Å². The molecule has 170 valence electrons. The summed E-state index contributed by atoms with van der Waals surface area (Å²) in [4.78, 5) is 12.1. The molecule has 0 saturated carbocycles. The van der Waals surface area contributed by atoms with Crippen molar-refractivity contribution in [2.75, 3.05) is 26.5 Å². The van der Waals surface area contributed by atoms with Crippen LogP contribution in [0.25, 0.3) is 11.5 Å². The van der Waals surface area contributed by atoms with Gasteiger partial charge in [-0.05, 0) is 48.4 Å². The summed E-state index contributed by atoms with van der Waals surface area (Å²) in [6.45, 7) is -2.57. The molecule has 32 heavy (non-hydrogen) atoms. The van der Waals surface area contributed by atoms with E-state index in [9.17, 15) is 13.6 Å². The Morgan fingerprint density at radius 1 is 1.09 bits per heavy atom. The summed E-state index contributed by atoms with van der Waals surface area (Å²) in [6, 6.07) is 11.8. The van der Waals surface area contributed by atoms with Crippen molar-refractivity contribution in [3.05, 3.63) is 48.0 Å². The summed E-state index contributed by atoms with van der Waals surface area (Å²) < 4.78 is 44.9. The Hall–Kier alpha value is -3.34.